The zero-order valence-corrected chi connectivity index (χ0v) is 15.6. The van der Waals surface area contributed by atoms with Crippen LogP contribution in [0, 0.1) is 12.7 Å². The van der Waals surface area contributed by atoms with Gasteiger partial charge in [-0.25, -0.2) is 4.39 Å². The Morgan fingerprint density at radius 2 is 1.67 bits per heavy atom. The fourth-order valence-electron chi connectivity index (χ4n) is 3.60. The summed E-state index contributed by atoms with van der Waals surface area (Å²) < 4.78 is 15.3. The van der Waals surface area contributed by atoms with E-state index in [0.29, 0.717) is 5.56 Å². The maximum atomic E-state index is 14.2. The monoisotopic (exact) mass is 369 g/mol. The van der Waals surface area contributed by atoms with E-state index in [1.165, 1.54) is 22.4 Å². The van der Waals surface area contributed by atoms with Crippen LogP contribution in [0.15, 0.2) is 79.0 Å². The average molecular weight is 369 g/mol. The molecule has 3 aromatic carbocycles. The number of thiophene rings is 1. The minimum absolute atomic E-state index is 0.194. The quantitative estimate of drug-likeness (QED) is 0.320. The van der Waals surface area contributed by atoms with Gasteiger partial charge in [-0.05, 0) is 59.0 Å². The van der Waals surface area contributed by atoms with Crippen LogP contribution < -0.4 is 0 Å². The van der Waals surface area contributed by atoms with Crippen LogP contribution in [0.2, 0.25) is 0 Å². The van der Waals surface area contributed by atoms with Gasteiger partial charge in [0.05, 0.1) is 10.4 Å². The first kappa shape index (κ1) is 16.2. The number of nitrogens with zero attached hydrogens (tertiary/aromatic N) is 1. The normalized spacial score (nSPS) is 11.3. The van der Waals surface area contributed by atoms with E-state index in [-0.39, 0.29) is 5.82 Å². The van der Waals surface area contributed by atoms with Crippen molar-refractivity contribution in [2.24, 2.45) is 0 Å². The Morgan fingerprint density at radius 3 is 2.56 bits per heavy atom. The molecule has 0 aliphatic carbocycles. The summed E-state index contributed by atoms with van der Waals surface area (Å²) in [5, 5.41) is 3.55. The molecule has 0 atom stereocenters. The van der Waals surface area contributed by atoms with Crippen LogP contribution in [0.3, 0.4) is 0 Å². The first-order valence-corrected chi connectivity index (χ1v) is 9.65. The standard InChI is InChI=1S/C24H16FNS/c1-15-12-18(13-16-6-2-3-7-19(15)16)23-24-17(10-11-26-23)14-22(27-24)20-8-4-5-9-21(20)25/h2-14H,1H3. The second-order valence-corrected chi connectivity index (χ2v) is 7.73. The Morgan fingerprint density at radius 1 is 0.852 bits per heavy atom. The SMILES string of the molecule is Cc1cc(-c2nccc3cc(-c4ccccc4F)sc23)cc2ccccc12. The molecule has 5 aromatic rings. The Hall–Kier alpha value is -3.04. The summed E-state index contributed by atoms with van der Waals surface area (Å²) in [5.41, 5.74) is 3.92. The molecular weight excluding hydrogens is 353 g/mol. The third-order valence-corrected chi connectivity index (χ3v) is 6.11. The molecule has 0 spiro atoms. The number of hydrogen-bond acceptors (Lipinski definition) is 2. The minimum Gasteiger partial charge on any atom is -0.255 e. The lowest BCUT2D eigenvalue weighted by Gasteiger charge is -2.08. The zero-order chi connectivity index (χ0) is 18.4. The Balaban J connectivity index is 1.74. The first-order chi connectivity index (χ1) is 13.2. The predicted molar refractivity (Wildman–Crippen MR) is 113 cm³/mol. The Bertz CT molecular complexity index is 1300. The molecule has 0 saturated heterocycles. The van der Waals surface area contributed by atoms with Gasteiger partial charge in [0.15, 0.2) is 0 Å². The van der Waals surface area contributed by atoms with Crippen LogP contribution in [-0.4, -0.2) is 4.98 Å². The summed E-state index contributed by atoms with van der Waals surface area (Å²) >= 11 is 1.59. The third kappa shape index (κ3) is 2.71. The molecule has 130 valence electrons. The molecule has 0 unspecified atom stereocenters. The lowest BCUT2D eigenvalue weighted by molar-refractivity contribution is 0.632. The van der Waals surface area contributed by atoms with Gasteiger partial charge in [0.25, 0.3) is 0 Å². The maximum absolute atomic E-state index is 14.2. The van der Waals surface area contributed by atoms with Gasteiger partial charge in [-0.2, -0.15) is 0 Å². The second-order valence-electron chi connectivity index (χ2n) is 6.68. The number of fused-ring (bicyclic) bond motifs is 2. The highest BCUT2D eigenvalue weighted by Crippen LogP contribution is 2.39. The van der Waals surface area contributed by atoms with Crippen molar-refractivity contribution < 1.29 is 4.39 Å². The lowest BCUT2D eigenvalue weighted by atomic mass is 9.99. The summed E-state index contributed by atoms with van der Waals surface area (Å²) in [7, 11) is 0. The highest BCUT2D eigenvalue weighted by molar-refractivity contribution is 7.22. The van der Waals surface area contributed by atoms with Gasteiger partial charge in [-0.1, -0.05) is 42.5 Å². The number of benzene rings is 3. The van der Waals surface area contributed by atoms with Crippen LogP contribution in [0.25, 0.3) is 42.6 Å². The Labute approximate surface area is 160 Å². The molecule has 0 radical (unpaired) electrons. The molecule has 0 saturated carbocycles. The summed E-state index contributed by atoms with van der Waals surface area (Å²) in [6, 6.07) is 23.7. The molecule has 0 bridgehead atoms. The van der Waals surface area contributed by atoms with Gasteiger partial charge in [0.1, 0.15) is 5.82 Å². The number of pyridine rings is 1. The molecular formula is C24H16FNS. The number of aryl methyl sites for hydroxylation is 1. The summed E-state index contributed by atoms with van der Waals surface area (Å²) in [4.78, 5) is 5.60. The van der Waals surface area contributed by atoms with Crippen LogP contribution in [-0.2, 0) is 0 Å². The fraction of sp³-hybridized carbons (Fsp3) is 0.0417. The fourth-order valence-corrected chi connectivity index (χ4v) is 4.80. The van der Waals surface area contributed by atoms with Crippen LogP contribution in [0.1, 0.15) is 5.56 Å². The number of halogens is 1. The van der Waals surface area contributed by atoms with Crippen molar-refractivity contribution >= 4 is 32.2 Å². The summed E-state index contributed by atoms with van der Waals surface area (Å²) in [6.45, 7) is 2.13. The van der Waals surface area contributed by atoms with Gasteiger partial charge in [0, 0.05) is 22.2 Å². The smallest absolute Gasteiger partial charge is 0.131 e. The molecule has 27 heavy (non-hydrogen) atoms. The van der Waals surface area contributed by atoms with Gasteiger partial charge < -0.3 is 0 Å². The summed E-state index contributed by atoms with van der Waals surface area (Å²) in [5.74, 6) is -0.194. The third-order valence-electron chi connectivity index (χ3n) is 4.92. The molecule has 0 aliphatic rings. The maximum Gasteiger partial charge on any atom is 0.131 e. The number of hydrogen-bond donors (Lipinski definition) is 0. The molecule has 3 heteroatoms. The van der Waals surface area contributed by atoms with E-state index in [1.54, 1.807) is 17.4 Å². The highest BCUT2D eigenvalue weighted by Gasteiger charge is 2.13. The molecule has 2 aromatic heterocycles. The first-order valence-electron chi connectivity index (χ1n) is 8.84. The molecule has 0 amide bonds. The molecule has 0 N–H and O–H groups in total. The topological polar surface area (TPSA) is 12.9 Å². The molecule has 5 rings (SSSR count). The van der Waals surface area contributed by atoms with E-state index < -0.39 is 0 Å². The highest BCUT2D eigenvalue weighted by atomic mass is 32.1. The van der Waals surface area contributed by atoms with Crippen molar-refractivity contribution in [3.05, 3.63) is 90.4 Å². The van der Waals surface area contributed by atoms with E-state index >= 15 is 0 Å². The zero-order valence-electron chi connectivity index (χ0n) is 14.7. The van der Waals surface area contributed by atoms with Crippen molar-refractivity contribution in [1.82, 2.24) is 4.98 Å². The van der Waals surface area contributed by atoms with Crippen LogP contribution in [0.5, 0.6) is 0 Å². The van der Waals surface area contributed by atoms with Gasteiger partial charge in [-0.3, -0.25) is 4.98 Å². The van der Waals surface area contributed by atoms with Gasteiger partial charge in [0.2, 0.25) is 0 Å². The van der Waals surface area contributed by atoms with E-state index in [1.807, 2.05) is 24.4 Å². The van der Waals surface area contributed by atoms with Crippen molar-refractivity contribution in [2.75, 3.05) is 0 Å². The average Bonchev–Trinajstić information content (AvgIpc) is 3.12. The van der Waals surface area contributed by atoms with E-state index in [0.717, 1.165) is 26.2 Å². The van der Waals surface area contributed by atoms with E-state index in [9.17, 15) is 4.39 Å². The van der Waals surface area contributed by atoms with Crippen molar-refractivity contribution in [3.8, 4) is 21.7 Å². The van der Waals surface area contributed by atoms with Crippen LogP contribution >= 0.6 is 11.3 Å². The van der Waals surface area contributed by atoms with E-state index in [4.69, 9.17) is 0 Å². The lowest BCUT2D eigenvalue weighted by Crippen LogP contribution is -1.86. The van der Waals surface area contributed by atoms with Gasteiger partial charge >= 0.3 is 0 Å². The molecule has 2 heterocycles. The number of aromatic nitrogens is 1. The number of rotatable bonds is 2. The molecule has 1 nitrogen and oxygen atoms in total. The largest absolute Gasteiger partial charge is 0.255 e. The van der Waals surface area contributed by atoms with Crippen molar-refractivity contribution in [2.45, 2.75) is 6.92 Å². The van der Waals surface area contributed by atoms with Crippen molar-refractivity contribution in [1.29, 1.82) is 0 Å². The summed E-state index contributed by atoms with van der Waals surface area (Å²) in [6.07, 6.45) is 1.83. The van der Waals surface area contributed by atoms with Crippen molar-refractivity contribution in [3.63, 3.8) is 0 Å². The predicted octanol–water partition coefficient (Wildman–Crippen LogP) is 7.23. The Kier molecular flexibility index (Phi) is 3.76. The minimum atomic E-state index is -0.194. The molecule has 0 aliphatic heterocycles. The molecule has 0 fully saturated rings. The van der Waals surface area contributed by atoms with Crippen LogP contribution in [0.4, 0.5) is 4.39 Å². The second kappa shape index (κ2) is 6.29. The van der Waals surface area contributed by atoms with E-state index in [2.05, 4.69) is 54.4 Å². The van der Waals surface area contributed by atoms with Gasteiger partial charge in [-0.15, -0.1) is 11.3 Å².